The Labute approximate surface area is 137 Å². The number of nitrogens with two attached hydrogens (primary N) is 1. The molecule has 0 bridgehead atoms. The highest BCUT2D eigenvalue weighted by Crippen LogP contribution is 2.13. The molecule has 1 aliphatic rings. The molecule has 0 aromatic carbocycles. The number of urea groups is 1. The Bertz CT molecular complexity index is 895. The van der Waals surface area contributed by atoms with Crippen molar-refractivity contribution in [2.75, 3.05) is 18.7 Å². The fourth-order valence-electron chi connectivity index (χ4n) is 2.53. The number of aryl methyl sites for hydroxylation is 1. The van der Waals surface area contributed by atoms with Gasteiger partial charge in [0.1, 0.15) is 24.7 Å². The summed E-state index contributed by atoms with van der Waals surface area (Å²) in [4.78, 5) is 18.1. The molecule has 0 saturated carbocycles. The number of halogens is 1. The maximum absolute atomic E-state index is 13.3. The van der Waals surface area contributed by atoms with Crippen LogP contribution in [-0.4, -0.2) is 39.0 Å². The van der Waals surface area contributed by atoms with Gasteiger partial charge in [0.05, 0.1) is 10.8 Å². The molecule has 9 heteroatoms. The van der Waals surface area contributed by atoms with Crippen molar-refractivity contribution in [3.63, 3.8) is 0 Å². The lowest BCUT2D eigenvalue weighted by atomic mass is 10.1. The van der Waals surface area contributed by atoms with Gasteiger partial charge in [-0.15, -0.1) is 0 Å². The normalized spacial score (nSPS) is 14.3. The molecule has 0 spiro atoms. The van der Waals surface area contributed by atoms with E-state index >= 15 is 0 Å². The van der Waals surface area contributed by atoms with Crippen LogP contribution in [0.15, 0.2) is 23.3 Å². The maximum atomic E-state index is 13.3. The number of H-pyrrole nitrogens is 1. The lowest BCUT2D eigenvalue weighted by molar-refractivity contribution is 0.228. The Kier molecular flexibility index (Phi) is 3.78. The molecule has 0 unspecified atom stereocenters. The molecule has 8 nitrogen and oxygen atoms in total. The summed E-state index contributed by atoms with van der Waals surface area (Å²) in [7, 11) is 0. The molecule has 3 rings (SSSR count). The van der Waals surface area contributed by atoms with Crippen LogP contribution in [0.4, 0.5) is 15.0 Å². The first-order valence-electron chi connectivity index (χ1n) is 7.52. The van der Waals surface area contributed by atoms with Gasteiger partial charge in [0.15, 0.2) is 5.82 Å². The van der Waals surface area contributed by atoms with E-state index in [-0.39, 0.29) is 12.5 Å². The van der Waals surface area contributed by atoms with E-state index in [2.05, 4.69) is 20.5 Å². The van der Waals surface area contributed by atoms with Gasteiger partial charge in [0, 0.05) is 18.0 Å². The summed E-state index contributed by atoms with van der Waals surface area (Å²) < 4.78 is 15.0. The van der Waals surface area contributed by atoms with Crippen molar-refractivity contribution in [3.05, 3.63) is 34.7 Å². The zero-order valence-corrected chi connectivity index (χ0v) is 13.8. The van der Waals surface area contributed by atoms with E-state index in [9.17, 15) is 9.18 Å². The molecule has 0 fully saturated rings. The number of fused-ring (bicyclic) bond motifs is 1. The number of hydrogen-bond donors (Lipinski definition) is 3. The zero-order valence-electron chi connectivity index (χ0n) is 13.8. The molecule has 0 aliphatic carbocycles. The molecule has 2 aromatic rings. The number of carbonyl (C=O) groups excluding carboxylic acids is 1. The van der Waals surface area contributed by atoms with E-state index in [4.69, 9.17) is 5.73 Å². The van der Waals surface area contributed by atoms with Crippen LogP contribution >= 0.6 is 0 Å². The summed E-state index contributed by atoms with van der Waals surface area (Å²) in [6.45, 7) is 4.91. The van der Waals surface area contributed by atoms with Crippen molar-refractivity contribution in [2.24, 2.45) is 10.7 Å². The fourth-order valence-corrected chi connectivity index (χ4v) is 2.53. The number of rotatable bonds is 3. The van der Waals surface area contributed by atoms with Crippen molar-refractivity contribution in [1.82, 2.24) is 19.7 Å². The summed E-state index contributed by atoms with van der Waals surface area (Å²) in [6, 6.07) is 3.02. The minimum Gasteiger partial charge on any atom is -0.384 e. The minimum absolute atomic E-state index is 0.0560. The van der Waals surface area contributed by atoms with E-state index in [1.165, 1.54) is 4.90 Å². The second-order valence-corrected chi connectivity index (χ2v) is 6.35. The first-order chi connectivity index (χ1) is 11.3. The van der Waals surface area contributed by atoms with E-state index in [1.54, 1.807) is 36.7 Å². The lowest BCUT2D eigenvalue weighted by Crippen LogP contribution is -2.50. The van der Waals surface area contributed by atoms with Gasteiger partial charge in [-0.3, -0.25) is 15.3 Å². The average Bonchev–Trinajstić information content (AvgIpc) is 3.14. The summed E-state index contributed by atoms with van der Waals surface area (Å²) in [5, 5.41) is 9.97. The Morgan fingerprint density at radius 3 is 2.92 bits per heavy atom. The van der Waals surface area contributed by atoms with E-state index in [0.29, 0.717) is 16.5 Å². The predicted molar refractivity (Wildman–Crippen MR) is 87.2 cm³/mol. The molecule has 128 valence electrons. The van der Waals surface area contributed by atoms with Crippen LogP contribution < -0.4 is 21.8 Å². The lowest BCUT2D eigenvalue weighted by Gasteiger charge is -2.26. The van der Waals surface area contributed by atoms with Crippen molar-refractivity contribution in [1.29, 1.82) is 0 Å². The molecule has 24 heavy (non-hydrogen) atoms. The van der Waals surface area contributed by atoms with Gasteiger partial charge >= 0.3 is 6.03 Å². The molecular weight excluding hydrogens is 313 g/mol. The smallest absolute Gasteiger partial charge is 0.330 e. The van der Waals surface area contributed by atoms with Gasteiger partial charge < -0.3 is 10.3 Å². The Morgan fingerprint density at radius 1 is 1.54 bits per heavy atom. The SMILES string of the molecule is Cc1cc(NC(=O)N2CN=c3c(ccn3C(C)(C)CF)=C2N)n[nH]1. The topological polar surface area (TPSA) is 104 Å². The molecule has 0 saturated heterocycles. The molecular formula is C15H20FN7O. The number of anilines is 1. The summed E-state index contributed by atoms with van der Waals surface area (Å²) in [5.41, 5.74) is 6.82. The number of nitrogens with one attached hydrogen (secondary N) is 2. The summed E-state index contributed by atoms with van der Waals surface area (Å²) in [6.07, 6.45) is 1.74. The quantitative estimate of drug-likeness (QED) is 0.756. The third kappa shape index (κ3) is 2.61. The Hall–Kier alpha value is -2.84. The molecule has 3 heterocycles. The van der Waals surface area contributed by atoms with Crippen molar-refractivity contribution in [2.45, 2.75) is 26.3 Å². The number of carbonyl (C=O) groups is 1. The number of nitrogens with zero attached hydrogens (tertiary/aromatic N) is 4. The molecule has 0 atom stereocenters. The first kappa shape index (κ1) is 16.0. The third-order valence-electron chi connectivity index (χ3n) is 3.95. The zero-order chi connectivity index (χ0) is 17.5. The highest BCUT2D eigenvalue weighted by atomic mass is 19.1. The van der Waals surface area contributed by atoms with Gasteiger partial charge in [-0.25, -0.2) is 14.2 Å². The fraction of sp³-hybridized carbons (Fsp3) is 0.400. The summed E-state index contributed by atoms with van der Waals surface area (Å²) >= 11 is 0. The van der Waals surface area contributed by atoms with Crippen LogP contribution in [0.25, 0.3) is 5.82 Å². The van der Waals surface area contributed by atoms with Crippen molar-refractivity contribution >= 4 is 17.7 Å². The van der Waals surface area contributed by atoms with Crippen LogP contribution in [-0.2, 0) is 5.54 Å². The van der Waals surface area contributed by atoms with Crippen LogP contribution in [0, 0.1) is 6.92 Å². The van der Waals surface area contributed by atoms with E-state index in [1.807, 2.05) is 6.92 Å². The van der Waals surface area contributed by atoms with Gasteiger partial charge in [0.2, 0.25) is 0 Å². The van der Waals surface area contributed by atoms with Crippen LogP contribution in [0.3, 0.4) is 0 Å². The third-order valence-corrected chi connectivity index (χ3v) is 3.95. The van der Waals surface area contributed by atoms with Gasteiger partial charge in [0.25, 0.3) is 0 Å². The van der Waals surface area contributed by atoms with Crippen molar-refractivity contribution in [3.8, 4) is 0 Å². The van der Waals surface area contributed by atoms with Crippen molar-refractivity contribution < 1.29 is 9.18 Å². The van der Waals surface area contributed by atoms with Crippen LogP contribution in [0.5, 0.6) is 0 Å². The Morgan fingerprint density at radius 2 is 2.29 bits per heavy atom. The number of alkyl halides is 1. The first-order valence-corrected chi connectivity index (χ1v) is 7.52. The van der Waals surface area contributed by atoms with Gasteiger partial charge in [-0.2, -0.15) is 5.10 Å². The molecule has 4 N–H and O–H groups in total. The molecule has 0 radical (unpaired) electrons. The van der Waals surface area contributed by atoms with Crippen LogP contribution in [0.1, 0.15) is 19.5 Å². The Balaban J connectivity index is 1.93. The average molecular weight is 333 g/mol. The summed E-state index contributed by atoms with van der Waals surface area (Å²) in [5.74, 6) is 0.686. The highest BCUT2D eigenvalue weighted by molar-refractivity contribution is 5.92. The second-order valence-electron chi connectivity index (χ2n) is 6.35. The number of amides is 2. The van der Waals surface area contributed by atoms with E-state index in [0.717, 1.165) is 5.69 Å². The van der Waals surface area contributed by atoms with E-state index < -0.39 is 18.2 Å². The standard InChI is InChI=1S/C15H20FN7O/c1-9-6-11(21-20-9)19-14(24)22-8-18-13-10(12(22)17)4-5-23(13)15(2,3)7-16/h4-6H,7-8,17H2,1-3H3,(H2,19,20,21,24). The number of aromatic amines is 1. The number of aromatic nitrogens is 3. The second kappa shape index (κ2) is 5.66. The molecule has 2 aromatic heterocycles. The minimum atomic E-state index is -0.728. The maximum Gasteiger partial charge on any atom is 0.330 e. The largest absolute Gasteiger partial charge is 0.384 e. The van der Waals surface area contributed by atoms with Gasteiger partial charge in [-0.1, -0.05) is 0 Å². The molecule has 2 amide bonds. The monoisotopic (exact) mass is 333 g/mol. The predicted octanol–water partition coefficient (Wildman–Crippen LogP) is 0.373. The molecule has 1 aliphatic heterocycles. The number of hydrogen-bond acceptors (Lipinski definition) is 4. The van der Waals surface area contributed by atoms with Gasteiger partial charge in [-0.05, 0) is 26.8 Å². The highest BCUT2D eigenvalue weighted by Gasteiger charge is 2.26. The van der Waals surface area contributed by atoms with Crippen LogP contribution in [0.2, 0.25) is 0 Å².